The van der Waals surface area contributed by atoms with Gasteiger partial charge in [0, 0.05) is 127 Å². The highest BCUT2D eigenvalue weighted by molar-refractivity contribution is 7.13. The Labute approximate surface area is 495 Å². The lowest BCUT2D eigenvalue weighted by Crippen LogP contribution is -2.54. The van der Waals surface area contributed by atoms with Crippen LogP contribution in [0.25, 0.3) is 21.7 Å². The van der Waals surface area contributed by atoms with E-state index in [1.807, 2.05) is 81.0 Å². The lowest BCUT2D eigenvalue weighted by atomic mass is 9.91. The van der Waals surface area contributed by atoms with Crippen LogP contribution in [-0.4, -0.2) is 166 Å². The smallest absolute Gasteiger partial charge is 0.243 e. The number of nitrogens with zero attached hydrogens (tertiary/aromatic N) is 10. The number of aliphatic hydroxyl groups excluding tert-OH is 1. The summed E-state index contributed by atoms with van der Waals surface area (Å²) in [4.78, 5) is 50.1. The molecular weight excluding hydrogens is 1080 g/mol. The van der Waals surface area contributed by atoms with Crippen LogP contribution in [0.15, 0.2) is 89.0 Å². The van der Waals surface area contributed by atoms with Crippen LogP contribution in [-0.2, 0) is 19.1 Å². The van der Waals surface area contributed by atoms with E-state index in [1.165, 1.54) is 0 Å². The molecule has 21 heteroatoms. The van der Waals surface area contributed by atoms with Gasteiger partial charge in [0.15, 0.2) is 17.4 Å². The molecule has 2 bridgehead atoms. The Morgan fingerprint density at radius 2 is 1.62 bits per heavy atom. The molecule has 6 aromatic rings. The van der Waals surface area contributed by atoms with Crippen LogP contribution in [0.4, 0.5) is 23.0 Å². The van der Waals surface area contributed by atoms with Crippen molar-refractivity contribution in [3.05, 3.63) is 102 Å². The van der Waals surface area contributed by atoms with E-state index < -0.39 is 18.1 Å². The number of hydrogen-bond acceptors (Lipinski definition) is 19. The number of para-hydroxylation sites is 1. The number of nitrogens with two attached hydrogens (primary N) is 1. The van der Waals surface area contributed by atoms with Gasteiger partial charge in [0.25, 0.3) is 0 Å². The Kier molecular flexibility index (Phi) is 17.4. The number of hydrogen-bond donors (Lipinski definition) is 4. The zero-order chi connectivity index (χ0) is 58.0. The van der Waals surface area contributed by atoms with E-state index in [2.05, 4.69) is 62.4 Å². The number of phenols is 1. The summed E-state index contributed by atoms with van der Waals surface area (Å²) in [5.74, 6) is 1.62. The van der Waals surface area contributed by atoms with E-state index in [-0.39, 0.29) is 60.8 Å². The van der Waals surface area contributed by atoms with E-state index in [4.69, 9.17) is 24.5 Å². The average Bonchev–Trinajstić information content (AvgIpc) is 4.42. The first-order chi connectivity index (χ1) is 40.8. The van der Waals surface area contributed by atoms with Gasteiger partial charge in [-0.2, -0.15) is 0 Å². The zero-order valence-corrected chi connectivity index (χ0v) is 49.5. The van der Waals surface area contributed by atoms with Crippen LogP contribution < -0.4 is 30.5 Å². The van der Waals surface area contributed by atoms with Gasteiger partial charge in [-0.05, 0) is 99.1 Å². The third kappa shape index (κ3) is 12.6. The van der Waals surface area contributed by atoms with Gasteiger partial charge in [-0.15, -0.1) is 21.5 Å². The summed E-state index contributed by atoms with van der Waals surface area (Å²) in [6, 6.07) is 22.7. The monoisotopic (exact) mass is 1160 g/mol. The standard InChI is InChI=1S/C63H80N12O8S/c1-38(2)59(63(79)74-36-46(76)28-54(74)62(78)67-51(20-26-80-4)41-9-11-42(12-10-41)60-39(3)66-37-84-60)56-32-57(70-83-56)72-24-16-40(17-25-72)33-71-22-18-47(19-23-71)81-48-29-49(30-48)82-58-27-43(15-21-65-58)75-44-13-14-45(75)35-73(34-44)53-31-52(68-69-61(53)64)50-7-5-6-8-55(50)77/h5-12,15,21,27,31-32,37-38,40,44-49,51,54,59,76-77H,13-14,16-20,22-26,28-30,33-36H2,1-4H3,(H2,64,69)(H,67,78)/t44?,45?,46-,48?,49?,51-,54+,59-/m1/s1. The Morgan fingerprint density at radius 3 is 2.33 bits per heavy atom. The SMILES string of the molecule is COCC[C@@H](NC(=O)[C@@H]1C[C@@H](O)CN1C(=O)[C@@H](c1cc(N2CCC(CN3CCC(OC4CC(Oc5cc(N6C7CCC6CN(c6cc(-c8ccccc8O)nnc6N)C7)ccn5)C4)CC3)CC2)no1)C(C)C)c1ccc(-c2scnc2C)cc1. The van der Waals surface area contributed by atoms with E-state index in [0.29, 0.717) is 59.7 Å². The highest BCUT2D eigenvalue weighted by Crippen LogP contribution is 2.41. The van der Waals surface area contributed by atoms with Gasteiger partial charge in [0.05, 0.1) is 51.8 Å². The van der Waals surface area contributed by atoms with Gasteiger partial charge in [-0.1, -0.05) is 55.4 Å². The largest absolute Gasteiger partial charge is 0.507 e. The Balaban J connectivity index is 0.571. The molecule has 2 amide bonds. The van der Waals surface area contributed by atoms with Crippen molar-refractivity contribution in [3.8, 4) is 33.3 Å². The number of aromatic nitrogens is 5. The highest BCUT2D eigenvalue weighted by Gasteiger charge is 2.45. The number of nitrogens with one attached hydrogen (secondary N) is 1. The van der Waals surface area contributed by atoms with Crippen molar-refractivity contribution in [2.45, 2.75) is 139 Å². The Morgan fingerprint density at radius 1 is 0.857 bits per heavy atom. The lowest BCUT2D eigenvalue weighted by molar-refractivity contribution is -0.141. The second kappa shape index (κ2) is 25.4. The normalized spacial score (nSPS) is 23.9. The molecule has 6 aliphatic rings. The maximum absolute atomic E-state index is 14.6. The molecule has 4 aromatic heterocycles. The van der Waals surface area contributed by atoms with Crippen molar-refractivity contribution >= 4 is 46.2 Å². The number of piperazine rings is 1. The molecule has 0 spiro atoms. The lowest BCUT2D eigenvalue weighted by Gasteiger charge is -2.43. The summed E-state index contributed by atoms with van der Waals surface area (Å²) in [6.07, 6.45) is 10.3. The fraction of sp³-hybridized carbons (Fsp3) is 0.540. The molecule has 1 aliphatic carbocycles. The summed E-state index contributed by atoms with van der Waals surface area (Å²) in [7, 11) is 1.64. The summed E-state index contributed by atoms with van der Waals surface area (Å²) in [5, 5.41) is 37.7. The molecule has 5 N–H and O–H groups in total. The molecule has 2 unspecified atom stereocenters. The van der Waals surface area contributed by atoms with Crippen LogP contribution in [0.5, 0.6) is 11.6 Å². The number of nitrogen functional groups attached to an aromatic ring is 1. The summed E-state index contributed by atoms with van der Waals surface area (Å²) >= 11 is 1.59. The first kappa shape index (κ1) is 57.5. The molecule has 6 fully saturated rings. The van der Waals surface area contributed by atoms with Gasteiger partial charge < -0.3 is 64.5 Å². The number of likely N-dealkylation sites (tertiary alicyclic amines) is 2. The predicted octanol–water partition coefficient (Wildman–Crippen LogP) is 8.01. The molecule has 446 valence electrons. The van der Waals surface area contributed by atoms with Gasteiger partial charge in [-0.25, -0.2) is 9.97 Å². The van der Waals surface area contributed by atoms with Crippen molar-refractivity contribution in [2.75, 3.05) is 86.5 Å². The van der Waals surface area contributed by atoms with E-state index in [0.717, 1.165) is 136 Å². The molecular formula is C63H80N12O8S. The van der Waals surface area contributed by atoms with Gasteiger partial charge in [-0.3, -0.25) is 9.59 Å². The molecule has 12 rings (SSSR count). The number of amides is 2. The number of pyridine rings is 1. The van der Waals surface area contributed by atoms with Crippen molar-refractivity contribution in [2.24, 2.45) is 11.8 Å². The van der Waals surface area contributed by atoms with Crippen LogP contribution in [0.1, 0.15) is 107 Å². The second-order valence-corrected chi connectivity index (χ2v) is 25.3. The van der Waals surface area contributed by atoms with Crippen LogP contribution >= 0.6 is 11.3 Å². The molecule has 20 nitrogen and oxygen atoms in total. The highest BCUT2D eigenvalue weighted by atomic mass is 32.1. The first-order valence-corrected chi connectivity index (χ1v) is 31.2. The topological polar surface area (TPSA) is 234 Å². The average molecular weight is 1170 g/mol. The number of aliphatic hydroxyl groups is 1. The number of aryl methyl sites for hydroxylation is 1. The molecule has 0 radical (unpaired) electrons. The van der Waals surface area contributed by atoms with E-state index in [1.54, 1.807) is 35.5 Å². The quantitative estimate of drug-likeness (QED) is 0.0567. The number of benzene rings is 2. The number of carbonyl (C=O) groups is 2. The molecule has 84 heavy (non-hydrogen) atoms. The zero-order valence-electron chi connectivity index (χ0n) is 48.7. The van der Waals surface area contributed by atoms with Crippen LogP contribution in [0.3, 0.4) is 0 Å². The van der Waals surface area contributed by atoms with Gasteiger partial charge >= 0.3 is 0 Å². The fourth-order valence-electron chi connectivity index (χ4n) is 13.8. The van der Waals surface area contributed by atoms with E-state index >= 15 is 0 Å². The van der Waals surface area contributed by atoms with Crippen molar-refractivity contribution < 1.29 is 38.5 Å². The van der Waals surface area contributed by atoms with Crippen molar-refractivity contribution in [3.63, 3.8) is 0 Å². The third-order valence-corrected chi connectivity index (χ3v) is 19.4. The minimum Gasteiger partial charge on any atom is -0.507 e. The number of fused-ring (bicyclic) bond motifs is 2. The minimum absolute atomic E-state index is 0.0650. The van der Waals surface area contributed by atoms with Gasteiger partial charge in [0.2, 0.25) is 17.7 Å². The number of β-amino-alcohol motifs (C(OH)–C–C–N with tert-alkyl or cyclic N) is 1. The predicted molar refractivity (Wildman–Crippen MR) is 322 cm³/mol. The first-order valence-electron chi connectivity index (χ1n) is 30.3. The Bertz CT molecular complexity index is 3200. The number of piperidine rings is 2. The van der Waals surface area contributed by atoms with E-state index in [9.17, 15) is 19.8 Å². The molecule has 6 atom stereocenters. The summed E-state index contributed by atoms with van der Waals surface area (Å²) in [5.41, 5.74) is 14.4. The number of thiazole rings is 1. The number of carbonyl (C=O) groups excluding carboxylic acids is 2. The maximum atomic E-state index is 14.6. The number of ether oxygens (including phenoxy) is 3. The molecule has 1 saturated carbocycles. The van der Waals surface area contributed by atoms with Crippen LogP contribution in [0.2, 0.25) is 0 Å². The second-order valence-electron chi connectivity index (χ2n) is 24.4. The molecule has 5 saturated heterocycles. The Hall–Kier alpha value is -6.91. The number of methoxy groups -OCH3 is 1. The number of aromatic hydroxyl groups is 1. The number of rotatable bonds is 20. The number of phenolic OH excluding ortho intramolecular Hbond substituents is 1. The van der Waals surface area contributed by atoms with Crippen molar-refractivity contribution in [1.82, 2.24) is 40.4 Å². The van der Waals surface area contributed by atoms with Crippen LogP contribution in [0, 0.1) is 18.8 Å². The molecule has 2 aromatic carbocycles. The molecule has 5 aliphatic heterocycles. The maximum Gasteiger partial charge on any atom is 0.243 e. The van der Waals surface area contributed by atoms with Gasteiger partial charge in [0.1, 0.15) is 23.8 Å². The molecule has 9 heterocycles. The number of anilines is 4. The fourth-order valence-corrected chi connectivity index (χ4v) is 14.6. The van der Waals surface area contributed by atoms with Crippen molar-refractivity contribution in [1.29, 1.82) is 0 Å². The summed E-state index contributed by atoms with van der Waals surface area (Å²) < 4.78 is 24.5. The summed E-state index contributed by atoms with van der Waals surface area (Å²) in [6.45, 7) is 12.9. The minimum atomic E-state index is -0.840. The third-order valence-electron chi connectivity index (χ3n) is 18.4.